The van der Waals surface area contributed by atoms with E-state index in [1.165, 1.54) is 43.6 Å². The molecule has 0 spiro atoms. The highest BCUT2D eigenvalue weighted by Gasteiger charge is 2.36. The molecule has 2 aliphatic carbocycles. The lowest BCUT2D eigenvalue weighted by atomic mass is 10.3. The molecule has 8 heteroatoms. The largest absolute Gasteiger partial charge is 0.494 e. The fourth-order valence-corrected chi connectivity index (χ4v) is 3.68. The Balaban J connectivity index is 1.24. The Bertz CT molecular complexity index is 754. The summed E-state index contributed by atoms with van der Waals surface area (Å²) in [7, 11) is 0. The number of hydrogen-bond acceptors (Lipinski definition) is 6. The number of thioether (sulfide) groups is 1. The summed E-state index contributed by atoms with van der Waals surface area (Å²) < 4.78 is 8.00. The van der Waals surface area contributed by atoms with Crippen molar-refractivity contribution in [3.05, 3.63) is 40.2 Å². The topological polar surface area (TPSA) is 83.1 Å². The van der Waals surface area contributed by atoms with Crippen molar-refractivity contribution in [3.8, 4) is 5.75 Å². The molecule has 2 saturated carbocycles. The van der Waals surface area contributed by atoms with Crippen molar-refractivity contribution < 1.29 is 9.66 Å². The van der Waals surface area contributed by atoms with Gasteiger partial charge in [-0.05, 0) is 44.2 Å². The van der Waals surface area contributed by atoms with Crippen LogP contribution in [0.2, 0.25) is 0 Å². The van der Waals surface area contributed by atoms with Crippen LogP contribution < -0.4 is 4.74 Å². The summed E-state index contributed by atoms with van der Waals surface area (Å²) in [6.45, 7) is 0.581. The van der Waals surface area contributed by atoms with Gasteiger partial charge in [-0.1, -0.05) is 11.8 Å². The molecule has 0 amide bonds. The SMILES string of the molecule is O=[N+]([O-])c1ccc(OCCCSc2nnc(C3CC3)n2C2CC2)cc1. The minimum Gasteiger partial charge on any atom is -0.494 e. The van der Waals surface area contributed by atoms with Crippen LogP contribution >= 0.6 is 11.8 Å². The minimum atomic E-state index is -0.410. The van der Waals surface area contributed by atoms with Gasteiger partial charge >= 0.3 is 0 Å². The van der Waals surface area contributed by atoms with Crippen LogP contribution in [0, 0.1) is 10.1 Å². The maximum atomic E-state index is 10.6. The molecule has 0 radical (unpaired) electrons. The first-order valence-corrected chi connectivity index (χ1v) is 9.66. The van der Waals surface area contributed by atoms with E-state index >= 15 is 0 Å². The van der Waals surface area contributed by atoms with Crippen LogP contribution in [-0.2, 0) is 0 Å². The molecule has 1 heterocycles. The van der Waals surface area contributed by atoms with E-state index in [-0.39, 0.29) is 5.69 Å². The molecule has 0 unspecified atom stereocenters. The number of non-ortho nitro benzene ring substituents is 1. The molecule has 25 heavy (non-hydrogen) atoms. The second-order valence-corrected chi connectivity index (χ2v) is 7.58. The van der Waals surface area contributed by atoms with Crippen LogP contribution in [-0.4, -0.2) is 32.0 Å². The summed E-state index contributed by atoms with van der Waals surface area (Å²) in [6.07, 6.45) is 5.87. The van der Waals surface area contributed by atoms with Crippen LogP contribution in [0.3, 0.4) is 0 Å². The third-order valence-corrected chi connectivity index (χ3v) is 5.41. The van der Waals surface area contributed by atoms with Gasteiger partial charge in [0, 0.05) is 29.8 Å². The van der Waals surface area contributed by atoms with Crippen LogP contribution in [0.5, 0.6) is 5.75 Å². The normalized spacial score (nSPS) is 16.8. The lowest BCUT2D eigenvalue weighted by Gasteiger charge is -2.08. The third-order valence-electron chi connectivity index (χ3n) is 4.38. The van der Waals surface area contributed by atoms with Crippen molar-refractivity contribution in [2.45, 2.75) is 49.2 Å². The van der Waals surface area contributed by atoms with Crippen LogP contribution in [0.25, 0.3) is 0 Å². The molecule has 0 aliphatic heterocycles. The van der Waals surface area contributed by atoms with Gasteiger partial charge in [-0.2, -0.15) is 0 Å². The molecular formula is C17H20N4O3S. The van der Waals surface area contributed by atoms with Crippen molar-refractivity contribution in [1.29, 1.82) is 0 Å². The number of benzene rings is 1. The summed E-state index contributed by atoms with van der Waals surface area (Å²) in [4.78, 5) is 10.2. The van der Waals surface area contributed by atoms with Crippen LogP contribution in [0.4, 0.5) is 5.69 Å². The zero-order chi connectivity index (χ0) is 17.2. The summed E-state index contributed by atoms with van der Waals surface area (Å²) in [5.41, 5.74) is 0.0776. The molecule has 1 aromatic carbocycles. The smallest absolute Gasteiger partial charge is 0.269 e. The predicted molar refractivity (Wildman–Crippen MR) is 94.2 cm³/mol. The van der Waals surface area contributed by atoms with Crippen molar-refractivity contribution in [3.63, 3.8) is 0 Å². The van der Waals surface area contributed by atoms with Crippen LogP contribution in [0.15, 0.2) is 29.4 Å². The molecule has 0 bridgehead atoms. The molecule has 2 aromatic rings. The van der Waals surface area contributed by atoms with Crippen molar-refractivity contribution in [2.75, 3.05) is 12.4 Å². The first kappa shape index (κ1) is 16.4. The number of ether oxygens (including phenoxy) is 1. The molecule has 0 atom stereocenters. The maximum absolute atomic E-state index is 10.6. The Kier molecular flexibility index (Phi) is 4.61. The van der Waals surface area contributed by atoms with Crippen molar-refractivity contribution in [1.82, 2.24) is 14.8 Å². The monoisotopic (exact) mass is 360 g/mol. The highest BCUT2D eigenvalue weighted by Crippen LogP contribution is 2.46. The quantitative estimate of drug-likeness (QED) is 0.291. The molecule has 4 rings (SSSR count). The Hall–Kier alpha value is -2.09. The number of rotatable bonds is 9. The Morgan fingerprint density at radius 2 is 1.96 bits per heavy atom. The number of aromatic nitrogens is 3. The molecule has 0 N–H and O–H groups in total. The van der Waals surface area contributed by atoms with Crippen molar-refractivity contribution in [2.24, 2.45) is 0 Å². The summed E-state index contributed by atoms with van der Waals surface area (Å²) in [5.74, 6) is 3.40. The van der Waals surface area contributed by atoms with E-state index in [2.05, 4.69) is 14.8 Å². The highest BCUT2D eigenvalue weighted by atomic mass is 32.2. The summed E-state index contributed by atoms with van der Waals surface area (Å²) >= 11 is 1.74. The molecule has 2 fully saturated rings. The fourth-order valence-electron chi connectivity index (χ4n) is 2.76. The molecule has 0 saturated heterocycles. The van der Waals surface area contributed by atoms with Gasteiger partial charge in [-0.15, -0.1) is 10.2 Å². The average Bonchev–Trinajstić information content (AvgIpc) is 3.54. The first-order valence-electron chi connectivity index (χ1n) is 8.67. The van der Waals surface area contributed by atoms with E-state index in [1.54, 1.807) is 23.9 Å². The second-order valence-electron chi connectivity index (χ2n) is 6.52. The number of hydrogen-bond donors (Lipinski definition) is 0. The minimum absolute atomic E-state index is 0.0776. The lowest BCUT2D eigenvalue weighted by molar-refractivity contribution is -0.384. The summed E-state index contributed by atoms with van der Waals surface area (Å²) in [5, 5.41) is 20.5. The van der Waals surface area contributed by atoms with E-state index in [4.69, 9.17) is 4.74 Å². The molecule has 1 aromatic heterocycles. The van der Waals surface area contributed by atoms with Gasteiger partial charge in [0.05, 0.1) is 11.5 Å². The van der Waals surface area contributed by atoms with E-state index in [1.807, 2.05) is 0 Å². The molecule has 7 nitrogen and oxygen atoms in total. The molecule has 2 aliphatic rings. The molecule has 132 valence electrons. The van der Waals surface area contributed by atoms with E-state index in [9.17, 15) is 10.1 Å². The Morgan fingerprint density at radius 1 is 1.20 bits per heavy atom. The van der Waals surface area contributed by atoms with E-state index in [0.29, 0.717) is 24.3 Å². The van der Waals surface area contributed by atoms with Gasteiger partial charge in [0.15, 0.2) is 5.16 Å². The van der Waals surface area contributed by atoms with Gasteiger partial charge in [0.1, 0.15) is 11.6 Å². The van der Waals surface area contributed by atoms with Gasteiger partial charge in [-0.3, -0.25) is 10.1 Å². The zero-order valence-electron chi connectivity index (χ0n) is 13.8. The third kappa shape index (κ3) is 3.95. The fraction of sp³-hybridized carbons (Fsp3) is 0.529. The Labute approximate surface area is 149 Å². The van der Waals surface area contributed by atoms with Crippen LogP contribution in [0.1, 0.15) is 49.9 Å². The Morgan fingerprint density at radius 3 is 2.60 bits per heavy atom. The average molecular weight is 360 g/mol. The standard InChI is InChI=1S/C17H20N4O3S/c22-21(23)14-6-8-15(9-7-14)24-10-1-11-25-17-19-18-16(12-2-3-12)20(17)13-4-5-13/h6-9,12-13H,1-5,10-11H2. The van der Waals surface area contributed by atoms with E-state index < -0.39 is 4.92 Å². The predicted octanol–water partition coefficient (Wildman–Crippen LogP) is 3.96. The molecular weight excluding hydrogens is 340 g/mol. The number of nitrogens with zero attached hydrogens (tertiary/aromatic N) is 4. The second kappa shape index (κ2) is 7.03. The number of nitro groups is 1. The van der Waals surface area contributed by atoms with Gasteiger partial charge in [0.25, 0.3) is 5.69 Å². The highest BCUT2D eigenvalue weighted by molar-refractivity contribution is 7.99. The zero-order valence-corrected chi connectivity index (χ0v) is 14.7. The summed E-state index contributed by atoms with van der Waals surface area (Å²) in [6, 6.07) is 6.81. The lowest BCUT2D eigenvalue weighted by Crippen LogP contribution is -2.03. The van der Waals surface area contributed by atoms with Gasteiger partial charge < -0.3 is 9.30 Å². The number of nitro benzene ring substituents is 1. The maximum Gasteiger partial charge on any atom is 0.269 e. The van der Waals surface area contributed by atoms with E-state index in [0.717, 1.165) is 17.3 Å². The van der Waals surface area contributed by atoms with Gasteiger partial charge in [-0.25, -0.2) is 0 Å². The van der Waals surface area contributed by atoms with Gasteiger partial charge in [0.2, 0.25) is 0 Å². The first-order chi connectivity index (χ1) is 12.2. The van der Waals surface area contributed by atoms with Crippen molar-refractivity contribution >= 4 is 17.4 Å².